The summed E-state index contributed by atoms with van der Waals surface area (Å²) < 4.78 is 6.99. The molecular weight excluding hydrogens is 373 g/mol. The number of halogens is 2. The molecule has 0 atom stereocenters. The molecule has 0 saturated carbocycles. The number of aromatic nitrogens is 2. The van der Waals surface area contributed by atoms with Gasteiger partial charge < -0.3 is 10.1 Å². The van der Waals surface area contributed by atoms with Crippen LogP contribution in [0.4, 0.5) is 5.69 Å². The summed E-state index contributed by atoms with van der Waals surface area (Å²) in [5.41, 5.74) is 3.46. The molecule has 7 heteroatoms. The summed E-state index contributed by atoms with van der Waals surface area (Å²) in [7, 11) is 1.53. The molecule has 0 aliphatic heterocycles. The van der Waals surface area contributed by atoms with Gasteiger partial charge in [-0.3, -0.25) is 4.79 Å². The SMILES string of the molecule is COc1ccc(Cl)cc1NC(=O)c1ccc(-n2nc(C)c(Cl)c2C)cc1. The van der Waals surface area contributed by atoms with Crippen LogP contribution >= 0.6 is 23.2 Å². The van der Waals surface area contributed by atoms with Gasteiger partial charge in [0.2, 0.25) is 0 Å². The van der Waals surface area contributed by atoms with Gasteiger partial charge in [0.15, 0.2) is 0 Å². The van der Waals surface area contributed by atoms with Crippen molar-refractivity contribution >= 4 is 34.8 Å². The quantitative estimate of drug-likeness (QED) is 0.678. The highest BCUT2D eigenvalue weighted by Gasteiger charge is 2.13. The molecule has 0 fully saturated rings. The Kier molecular flexibility index (Phi) is 5.20. The minimum Gasteiger partial charge on any atom is -0.495 e. The zero-order valence-electron chi connectivity index (χ0n) is 14.5. The van der Waals surface area contributed by atoms with Crippen LogP contribution in [0.15, 0.2) is 42.5 Å². The second kappa shape index (κ2) is 7.40. The number of aryl methyl sites for hydroxylation is 1. The number of benzene rings is 2. The fourth-order valence-corrected chi connectivity index (χ4v) is 2.89. The Morgan fingerprint density at radius 3 is 2.38 bits per heavy atom. The summed E-state index contributed by atoms with van der Waals surface area (Å²) in [6.07, 6.45) is 0. The fraction of sp³-hybridized carbons (Fsp3) is 0.158. The monoisotopic (exact) mass is 389 g/mol. The highest BCUT2D eigenvalue weighted by atomic mass is 35.5. The highest BCUT2D eigenvalue weighted by Crippen LogP contribution is 2.28. The molecule has 0 aliphatic rings. The predicted molar refractivity (Wildman–Crippen MR) is 104 cm³/mol. The van der Waals surface area contributed by atoms with Crippen molar-refractivity contribution in [2.75, 3.05) is 12.4 Å². The lowest BCUT2D eigenvalue weighted by Gasteiger charge is -2.11. The number of amides is 1. The molecule has 3 aromatic rings. The smallest absolute Gasteiger partial charge is 0.255 e. The predicted octanol–water partition coefficient (Wildman–Crippen LogP) is 5.06. The topological polar surface area (TPSA) is 56.1 Å². The molecule has 26 heavy (non-hydrogen) atoms. The van der Waals surface area contributed by atoms with Gasteiger partial charge in [0, 0.05) is 10.6 Å². The zero-order valence-corrected chi connectivity index (χ0v) is 16.0. The van der Waals surface area contributed by atoms with Crippen molar-refractivity contribution in [3.63, 3.8) is 0 Å². The third-order valence-corrected chi connectivity index (χ3v) is 4.77. The molecule has 0 spiro atoms. The zero-order chi connectivity index (χ0) is 18.8. The van der Waals surface area contributed by atoms with Gasteiger partial charge >= 0.3 is 0 Å². The van der Waals surface area contributed by atoms with E-state index in [1.54, 1.807) is 35.0 Å². The van der Waals surface area contributed by atoms with Crippen molar-refractivity contribution < 1.29 is 9.53 Å². The van der Waals surface area contributed by atoms with E-state index in [9.17, 15) is 4.79 Å². The number of carbonyl (C=O) groups is 1. The number of hydrogen-bond donors (Lipinski definition) is 1. The van der Waals surface area contributed by atoms with E-state index in [0.717, 1.165) is 17.1 Å². The number of nitrogens with zero attached hydrogens (tertiary/aromatic N) is 2. The first kappa shape index (κ1) is 18.3. The van der Waals surface area contributed by atoms with Crippen LogP contribution in [-0.2, 0) is 0 Å². The first-order valence-electron chi connectivity index (χ1n) is 7.87. The molecule has 1 heterocycles. The van der Waals surface area contributed by atoms with Crippen LogP contribution in [0.1, 0.15) is 21.7 Å². The largest absolute Gasteiger partial charge is 0.495 e. The molecule has 0 saturated heterocycles. The van der Waals surface area contributed by atoms with E-state index in [1.807, 2.05) is 26.0 Å². The Labute approximate surface area is 161 Å². The van der Waals surface area contributed by atoms with E-state index in [4.69, 9.17) is 27.9 Å². The number of nitrogens with one attached hydrogen (secondary N) is 1. The average molecular weight is 390 g/mol. The maximum absolute atomic E-state index is 12.5. The van der Waals surface area contributed by atoms with E-state index < -0.39 is 0 Å². The number of methoxy groups -OCH3 is 1. The molecule has 134 valence electrons. The van der Waals surface area contributed by atoms with Crippen molar-refractivity contribution in [1.82, 2.24) is 9.78 Å². The van der Waals surface area contributed by atoms with Crippen LogP contribution in [0.3, 0.4) is 0 Å². The van der Waals surface area contributed by atoms with Crippen molar-refractivity contribution in [3.05, 3.63) is 69.5 Å². The molecule has 1 N–H and O–H groups in total. The molecule has 2 aromatic carbocycles. The lowest BCUT2D eigenvalue weighted by Crippen LogP contribution is -2.13. The van der Waals surface area contributed by atoms with Crippen molar-refractivity contribution in [2.45, 2.75) is 13.8 Å². The second-order valence-electron chi connectivity index (χ2n) is 5.74. The molecule has 0 bridgehead atoms. The third-order valence-electron chi connectivity index (χ3n) is 3.99. The third kappa shape index (κ3) is 3.54. The Hall–Kier alpha value is -2.50. The van der Waals surface area contributed by atoms with E-state index >= 15 is 0 Å². The Bertz CT molecular complexity index is 966. The average Bonchev–Trinajstić information content (AvgIpc) is 2.89. The van der Waals surface area contributed by atoms with Crippen LogP contribution in [-0.4, -0.2) is 22.8 Å². The van der Waals surface area contributed by atoms with Crippen LogP contribution in [0.5, 0.6) is 5.75 Å². The summed E-state index contributed by atoms with van der Waals surface area (Å²) >= 11 is 12.2. The molecule has 0 radical (unpaired) electrons. The van der Waals surface area contributed by atoms with Crippen LogP contribution in [0.25, 0.3) is 5.69 Å². The van der Waals surface area contributed by atoms with Gasteiger partial charge in [-0.1, -0.05) is 23.2 Å². The molecule has 3 rings (SSSR count). The summed E-state index contributed by atoms with van der Waals surface area (Å²) in [6, 6.07) is 12.1. The lowest BCUT2D eigenvalue weighted by atomic mass is 10.2. The van der Waals surface area contributed by atoms with Gasteiger partial charge in [-0.15, -0.1) is 0 Å². The molecule has 1 aromatic heterocycles. The maximum atomic E-state index is 12.5. The Morgan fingerprint density at radius 2 is 1.81 bits per heavy atom. The lowest BCUT2D eigenvalue weighted by molar-refractivity contribution is 0.102. The van der Waals surface area contributed by atoms with E-state index in [2.05, 4.69) is 10.4 Å². The van der Waals surface area contributed by atoms with Crippen molar-refractivity contribution in [1.29, 1.82) is 0 Å². The van der Waals surface area contributed by atoms with Crippen molar-refractivity contribution in [3.8, 4) is 11.4 Å². The van der Waals surface area contributed by atoms with Gasteiger partial charge in [-0.25, -0.2) is 4.68 Å². The van der Waals surface area contributed by atoms with Gasteiger partial charge in [0.05, 0.1) is 34.9 Å². The summed E-state index contributed by atoms with van der Waals surface area (Å²) in [5.74, 6) is 0.278. The van der Waals surface area contributed by atoms with Crippen LogP contribution in [0.2, 0.25) is 10.0 Å². The van der Waals surface area contributed by atoms with Gasteiger partial charge in [0.25, 0.3) is 5.91 Å². The van der Waals surface area contributed by atoms with Gasteiger partial charge in [-0.05, 0) is 56.3 Å². The summed E-state index contributed by atoms with van der Waals surface area (Å²) in [5, 5.41) is 8.37. The highest BCUT2D eigenvalue weighted by molar-refractivity contribution is 6.32. The maximum Gasteiger partial charge on any atom is 0.255 e. The molecule has 1 amide bonds. The van der Waals surface area contributed by atoms with Gasteiger partial charge in [0.1, 0.15) is 5.75 Å². The van der Waals surface area contributed by atoms with E-state index in [0.29, 0.717) is 27.0 Å². The minimum atomic E-state index is -0.261. The fourth-order valence-electron chi connectivity index (χ4n) is 2.60. The number of rotatable bonds is 4. The number of carbonyl (C=O) groups excluding carboxylic acids is 1. The number of hydrogen-bond acceptors (Lipinski definition) is 3. The van der Waals surface area contributed by atoms with Crippen LogP contribution in [0, 0.1) is 13.8 Å². The van der Waals surface area contributed by atoms with Crippen molar-refractivity contribution in [2.24, 2.45) is 0 Å². The Balaban J connectivity index is 1.83. The number of anilines is 1. The normalized spacial score (nSPS) is 10.7. The molecular formula is C19H17Cl2N3O2. The molecule has 0 unspecified atom stereocenters. The van der Waals surface area contributed by atoms with Crippen LogP contribution < -0.4 is 10.1 Å². The summed E-state index contributed by atoms with van der Waals surface area (Å²) in [6.45, 7) is 3.75. The summed E-state index contributed by atoms with van der Waals surface area (Å²) in [4.78, 5) is 12.5. The first-order valence-corrected chi connectivity index (χ1v) is 8.63. The number of ether oxygens (including phenoxy) is 1. The first-order chi connectivity index (χ1) is 12.4. The molecule has 5 nitrogen and oxygen atoms in total. The molecule has 0 aliphatic carbocycles. The van der Waals surface area contributed by atoms with E-state index in [1.165, 1.54) is 7.11 Å². The second-order valence-corrected chi connectivity index (χ2v) is 6.56. The van der Waals surface area contributed by atoms with Gasteiger partial charge in [-0.2, -0.15) is 5.10 Å². The minimum absolute atomic E-state index is 0.261. The Morgan fingerprint density at radius 1 is 1.12 bits per heavy atom. The standard InChI is InChI=1S/C19H17Cl2N3O2/c1-11-18(21)12(2)24(23-11)15-7-4-13(5-8-15)19(25)22-16-10-14(20)6-9-17(16)26-3/h4-10H,1-3H3,(H,22,25). The van der Waals surface area contributed by atoms with E-state index in [-0.39, 0.29) is 5.91 Å².